The van der Waals surface area contributed by atoms with Crippen molar-refractivity contribution in [3.8, 4) is 5.75 Å². The molecular weight excluding hydrogens is 849 g/mol. The third kappa shape index (κ3) is 9.66. The van der Waals surface area contributed by atoms with Gasteiger partial charge in [-0.05, 0) is 150 Å². The lowest BCUT2D eigenvalue weighted by molar-refractivity contribution is -0.136. The zero-order chi connectivity index (χ0) is 44.5. The quantitative estimate of drug-likeness (QED) is 0.0975. The second-order valence-electron chi connectivity index (χ2n) is 18.5. The van der Waals surface area contributed by atoms with E-state index in [9.17, 15) is 18.9 Å². The molecule has 0 saturated carbocycles. The molecule has 4 saturated heterocycles. The van der Waals surface area contributed by atoms with Crippen LogP contribution in [0.5, 0.6) is 5.75 Å². The zero-order valence-electron chi connectivity index (χ0n) is 37.0. The summed E-state index contributed by atoms with van der Waals surface area (Å²) in [7, 11) is -0.856. The van der Waals surface area contributed by atoms with Crippen LogP contribution in [-0.4, -0.2) is 121 Å². The number of nitrogens with one attached hydrogen (secondary N) is 3. The van der Waals surface area contributed by atoms with Gasteiger partial charge in [-0.15, -0.1) is 0 Å². The Hall–Kier alpha value is -5.01. The largest absolute Gasteiger partial charge is 0.495 e. The maximum Gasteiger partial charge on any atom is 0.255 e. The summed E-state index contributed by atoms with van der Waals surface area (Å²) in [5.74, 6) is 1.90. The molecule has 5 aliphatic rings. The number of amides is 3. The maximum absolute atomic E-state index is 13.2. The van der Waals surface area contributed by atoms with Crippen LogP contribution in [-0.2, 0) is 20.7 Å². The molecule has 338 valence electrons. The van der Waals surface area contributed by atoms with Crippen LogP contribution >= 0.6 is 18.7 Å². The highest BCUT2D eigenvalue weighted by Crippen LogP contribution is 2.40. The first-order valence-electron chi connectivity index (χ1n) is 22.8. The van der Waals surface area contributed by atoms with Crippen molar-refractivity contribution >= 4 is 70.6 Å². The summed E-state index contributed by atoms with van der Waals surface area (Å²) in [4.78, 5) is 55.9. The molecule has 4 fully saturated rings. The minimum atomic E-state index is -2.54. The molecule has 9 rings (SSSR count). The lowest BCUT2D eigenvalue weighted by Crippen LogP contribution is -2.52. The van der Waals surface area contributed by atoms with E-state index in [0.29, 0.717) is 58.9 Å². The van der Waals surface area contributed by atoms with Crippen LogP contribution in [0.2, 0.25) is 5.02 Å². The number of anilines is 5. The Morgan fingerprint density at radius 1 is 0.859 bits per heavy atom. The lowest BCUT2D eigenvalue weighted by Gasteiger charge is -2.43. The molecule has 1 aromatic heterocycles. The van der Waals surface area contributed by atoms with Gasteiger partial charge in [0.1, 0.15) is 24.0 Å². The number of carbonyl (C=O) groups excluding carboxylic acids is 3. The van der Waals surface area contributed by atoms with Crippen molar-refractivity contribution in [2.45, 2.75) is 75.9 Å². The van der Waals surface area contributed by atoms with E-state index >= 15 is 0 Å². The van der Waals surface area contributed by atoms with Crippen molar-refractivity contribution in [1.82, 2.24) is 30.0 Å². The van der Waals surface area contributed by atoms with Crippen LogP contribution in [0.25, 0.3) is 0 Å². The summed E-state index contributed by atoms with van der Waals surface area (Å²) in [6.07, 6.45) is 9.17. The van der Waals surface area contributed by atoms with E-state index in [2.05, 4.69) is 64.9 Å². The SMILES string of the molecule is COc1cc(C2CCN(C3CCN(CC4CCN(c5ccc6c(c5)CN(C5CCC(=O)NC5=O)C6=O)CC4)CC3)CC2)ccc1Nc1ncc(Cl)c(Nc2ccccc2P(C)(C)=O)n1. The van der Waals surface area contributed by atoms with Crippen molar-refractivity contribution < 1.29 is 23.7 Å². The van der Waals surface area contributed by atoms with Gasteiger partial charge in [0.05, 0.1) is 24.7 Å². The fraction of sp³-hybridized carbons (Fsp3) is 0.479. The molecule has 14 nitrogen and oxygen atoms in total. The molecule has 3 aromatic carbocycles. The van der Waals surface area contributed by atoms with Gasteiger partial charge in [-0.1, -0.05) is 29.8 Å². The molecule has 3 amide bonds. The summed E-state index contributed by atoms with van der Waals surface area (Å²) < 4.78 is 18.8. The van der Waals surface area contributed by atoms with Crippen LogP contribution in [0.3, 0.4) is 0 Å². The predicted molar refractivity (Wildman–Crippen MR) is 253 cm³/mol. The van der Waals surface area contributed by atoms with Gasteiger partial charge in [-0.2, -0.15) is 4.98 Å². The molecule has 0 aliphatic carbocycles. The van der Waals surface area contributed by atoms with E-state index in [0.717, 1.165) is 99.5 Å². The third-order valence-electron chi connectivity index (χ3n) is 14.0. The monoisotopic (exact) mass is 907 g/mol. The number of fused-ring (bicyclic) bond motifs is 1. The van der Waals surface area contributed by atoms with Crippen LogP contribution in [0.1, 0.15) is 78.8 Å². The van der Waals surface area contributed by atoms with Gasteiger partial charge in [0.2, 0.25) is 17.8 Å². The number of nitrogens with zero attached hydrogens (tertiary/aromatic N) is 6. The van der Waals surface area contributed by atoms with Gasteiger partial charge in [-0.3, -0.25) is 19.7 Å². The number of likely N-dealkylation sites (tertiary alicyclic amines) is 2. The smallest absolute Gasteiger partial charge is 0.255 e. The standard InChI is InChI=1S/C48H59ClN9O5P/c1-63-42-27-33(8-11-39(42)52-48-50-28-38(49)45(54-48)51-40-6-4-5-7-43(40)64(2,3)62)32-16-24-56(25-17-32)35-18-20-55(21-19-35)29-31-14-22-57(23-15-31)36-9-10-37-34(26-36)30-58(47(37)61)41-12-13-44(59)53-46(41)60/h4-11,26-28,31-32,35,41H,12-25,29-30H2,1-3H3,(H,53,59,60)(H2,50,51,52,54). The van der Waals surface area contributed by atoms with E-state index in [4.69, 9.17) is 16.3 Å². The number of carbonyl (C=O) groups is 3. The van der Waals surface area contributed by atoms with Crippen molar-refractivity contribution in [2.75, 3.05) is 81.8 Å². The Bertz CT molecular complexity index is 2440. The number of ether oxygens (including phenoxy) is 1. The second-order valence-corrected chi connectivity index (χ2v) is 22.1. The Morgan fingerprint density at radius 2 is 1.62 bits per heavy atom. The molecule has 0 bridgehead atoms. The van der Waals surface area contributed by atoms with Crippen molar-refractivity contribution in [3.05, 3.63) is 88.6 Å². The molecule has 0 spiro atoms. The number of imide groups is 1. The zero-order valence-corrected chi connectivity index (χ0v) is 38.7. The topological polar surface area (TPSA) is 152 Å². The normalized spacial score (nSPS) is 20.9. The molecule has 6 heterocycles. The molecule has 64 heavy (non-hydrogen) atoms. The van der Waals surface area contributed by atoms with Crippen molar-refractivity contribution in [1.29, 1.82) is 0 Å². The second kappa shape index (κ2) is 18.8. The van der Waals surface area contributed by atoms with E-state index in [1.807, 2.05) is 36.4 Å². The van der Waals surface area contributed by atoms with Gasteiger partial charge >= 0.3 is 0 Å². The minimum absolute atomic E-state index is 0.122. The first-order chi connectivity index (χ1) is 30.9. The molecule has 16 heteroatoms. The minimum Gasteiger partial charge on any atom is -0.495 e. The number of para-hydroxylation sites is 1. The fourth-order valence-corrected chi connectivity index (χ4v) is 11.7. The average molecular weight is 908 g/mol. The van der Waals surface area contributed by atoms with Gasteiger partial charge < -0.3 is 39.5 Å². The van der Waals surface area contributed by atoms with Crippen molar-refractivity contribution in [3.63, 3.8) is 0 Å². The Kier molecular flexibility index (Phi) is 13.0. The number of aromatic nitrogens is 2. The molecule has 1 atom stereocenters. The van der Waals surface area contributed by atoms with Crippen LogP contribution < -0.4 is 30.9 Å². The predicted octanol–water partition coefficient (Wildman–Crippen LogP) is 7.20. The molecule has 5 aliphatic heterocycles. The number of benzene rings is 3. The lowest BCUT2D eigenvalue weighted by atomic mass is 9.87. The number of hydrogen-bond donors (Lipinski definition) is 3. The number of rotatable bonds is 12. The van der Waals surface area contributed by atoms with Gasteiger partial charge in [0.25, 0.3) is 5.91 Å². The highest BCUT2D eigenvalue weighted by atomic mass is 35.5. The molecule has 0 radical (unpaired) electrons. The van der Waals surface area contributed by atoms with Crippen LogP contribution in [0.4, 0.5) is 28.8 Å². The summed E-state index contributed by atoms with van der Waals surface area (Å²) in [6, 6.07) is 20.0. The molecule has 4 aromatic rings. The van der Waals surface area contributed by atoms with Crippen molar-refractivity contribution in [2.24, 2.45) is 5.92 Å². The maximum atomic E-state index is 13.2. The van der Waals surface area contributed by atoms with Crippen LogP contribution in [0, 0.1) is 5.92 Å². The number of hydrogen-bond acceptors (Lipinski definition) is 12. The Morgan fingerprint density at radius 3 is 2.36 bits per heavy atom. The highest BCUT2D eigenvalue weighted by Gasteiger charge is 2.39. The van der Waals surface area contributed by atoms with E-state index in [-0.39, 0.29) is 24.1 Å². The van der Waals surface area contributed by atoms with Gasteiger partial charge in [0.15, 0.2) is 5.82 Å². The number of halogens is 1. The Balaban J connectivity index is 0.719. The number of methoxy groups -OCH3 is 1. The van der Waals surface area contributed by atoms with E-state index in [1.165, 1.54) is 18.4 Å². The average Bonchev–Trinajstić information content (AvgIpc) is 3.62. The van der Waals surface area contributed by atoms with E-state index < -0.39 is 13.2 Å². The molecule has 3 N–H and O–H groups in total. The summed E-state index contributed by atoms with van der Waals surface area (Å²) in [5.41, 5.74) is 5.52. The third-order valence-corrected chi connectivity index (χ3v) is 15.9. The van der Waals surface area contributed by atoms with Gasteiger partial charge in [-0.25, -0.2) is 4.98 Å². The fourth-order valence-electron chi connectivity index (χ4n) is 10.4. The number of piperidine rings is 4. The summed E-state index contributed by atoms with van der Waals surface area (Å²) in [6.45, 7) is 11.6. The van der Waals surface area contributed by atoms with Crippen LogP contribution in [0.15, 0.2) is 66.9 Å². The molecule has 1 unspecified atom stereocenters. The first-order valence-corrected chi connectivity index (χ1v) is 25.8. The summed E-state index contributed by atoms with van der Waals surface area (Å²) >= 11 is 6.50. The summed E-state index contributed by atoms with van der Waals surface area (Å²) in [5, 5.41) is 10.1. The Labute approximate surface area is 380 Å². The first kappa shape index (κ1) is 44.2. The van der Waals surface area contributed by atoms with Gasteiger partial charge in [0, 0.05) is 55.2 Å². The van der Waals surface area contributed by atoms with E-state index in [1.54, 1.807) is 31.5 Å². The molecular formula is C48H59ClN9O5P. The highest BCUT2D eigenvalue weighted by molar-refractivity contribution is 7.70.